The van der Waals surface area contributed by atoms with Crippen molar-refractivity contribution in [2.24, 2.45) is 0 Å². The van der Waals surface area contributed by atoms with Gasteiger partial charge >= 0.3 is 11.7 Å². The molecule has 9 nitrogen and oxygen atoms in total. The molecule has 0 N–H and O–H groups in total. The van der Waals surface area contributed by atoms with Crippen LogP contribution in [0.25, 0.3) is 6.08 Å². The number of benzene rings is 2. The van der Waals surface area contributed by atoms with E-state index in [1.807, 2.05) is 0 Å². The second kappa shape index (κ2) is 8.96. The standard InChI is InChI=1S/C20H15FN2O7S/c1-11(24)30-15-8-7-12(18(29-2)17(15)23(27)28)9-16-19(25)22(20(26)31-16)10-13-5-3-4-6-14(13)21/h3-9H,10H2,1-2H3/b16-9-. The zero-order valence-corrected chi connectivity index (χ0v) is 17.1. The van der Waals surface area contributed by atoms with Crippen LogP contribution in [0, 0.1) is 15.9 Å². The van der Waals surface area contributed by atoms with Crippen LogP contribution in [-0.4, -0.2) is 34.0 Å². The summed E-state index contributed by atoms with van der Waals surface area (Å²) in [4.78, 5) is 47.9. The van der Waals surface area contributed by atoms with Gasteiger partial charge in [-0.1, -0.05) is 18.2 Å². The quantitative estimate of drug-likeness (QED) is 0.216. The van der Waals surface area contributed by atoms with Gasteiger partial charge in [0.1, 0.15) is 5.82 Å². The van der Waals surface area contributed by atoms with Gasteiger partial charge in [0.05, 0.1) is 23.5 Å². The summed E-state index contributed by atoms with van der Waals surface area (Å²) in [7, 11) is 1.18. The van der Waals surface area contributed by atoms with Gasteiger partial charge in [0.15, 0.2) is 0 Å². The van der Waals surface area contributed by atoms with Crippen LogP contribution in [0.4, 0.5) is 14.9 Å². The molecule has 2 amide bonds. The molecule has 0 radical (unpaired) electrons. The van der Waals surface area contributed by atoms with E-state index in [1.54, 1.807) is 6.07 Å². The van der Waals surface area contributed by atoms with Crippen molar-refractivity contribution in [2.45, 2.75) is 13.5 Å². The number of halogens is 1. The van der Waals surface area contributed by atoms with Gasteiger partial charge in [0.2, 0.25) is 11.5 Å². The third-order valence-corrected chi connectivity index (χ3v) is 5.12. The Kier molecular flexibility index (Phi) is 6.35. The lowest BCUT2D eigenvalue weighted by molar-refractivity contribution is -0.386. The lowest BCUT2D eigenvalue weighted by atomic mass is 10.1. The molecular formula is C20H15FN2O7S. The molecule has 1 heterocycles. The number of carbonyl (C=O) groups is 3. The van der Waals surface area contributed by atoms with Crippen molar-refractivity contribution in [1.29, 1.82) is 0 Å². The zero-order valence-electron chi connectivity index (χ0n) is 16.3. The van der Waals surface area contributed by atoms with Gasteiger partial charge in [-0.3, -0.25) is 29.4 Å². The van der Waals surface area contributed by atoms with Crippen LogP contribution < -0.4 is 9.47 Å². The number of nitrogens with zero attached hydrogens (tertiary/aromatic N) is 2. The van der Waals surface area contributed by atoms with Crippen LogP contribution >= 0.6 is 11.8 Å². The molecule has 1 aliphatic heterocycles. The maximum atomic E-state index is 13.9. The minimum absolute atomic E-state index is 0.0193. The molecule has 1 fully saturated rings. The maximum Gasteiger partial charge on any atom is 0.353 e. The van der Waals surface area contributed by atoms with Crippen LogP contribution in [0.1, 0.15) is 18.1 Å². The summed E-state index contributed by atoms with van der Waals surface area (Å²) in [6.45, 7) is 0.840. The molecule has 1 aliphatic rings. The molecule has 0 bridgehead atoms. The molecular weight excluding hydrogens is 431 g/mol. The number of carbonyl (C=O) groups excluding carboxylic acids is 3. The molecule has 0 aliphatic carbocycles. The first-order valence-electron chi connectivity index (χ1n) is 8.75. The summed E-state index contributed by atoms with van der Waals surface area (Å²) in [5.74, 6) is -2.55. The number of nitro groups is 1. The summed E-state index contributed by atoms with van der Waals surface area (Å²) in [5, 5.41) is 10.9. The smallest absolute Gasteiger partial charge is 0.353 e. The van der Waals surface area contributed by atoms with Crippen LogP contribution in [0.15, 0.2) is 41.3 Å². The highest BCUT2D eigenvalue weighted by Gasteiger charge is 2.36. The highest BCUT2D eigenvalue weighted by Crippen LogP contribution is 2.42. The van der Waals surface area contributed by atoms with Gasteiger partial charge in [0, 0.05) is 18.1 Å². The van der Waals surface area contributed by atoms with Crippen molar-refractivity contribution in [3.05, 3.63) is 68.4 Å². The Hall–Kier alpha value is -3.73. The molecule has 0 aromatic heterocycles. The molecule has 160 valence electrons. The first-order chi connectivity index (χ1) is 14.7. The molecule has 2 aromatic rings. The lowest BCUT2D eigenvalue weighted by Gasteiger charge is -2.13. The Morgan fingerprint density at radius 2 is 1.97 bits per heavy atom. The fourth-order valence-electron chi connectivity index (χ4n) is 2.88. The Morgan fingerprint density at radius 1 is 1.26 bits per heavy atom. The first-order valence-corrected chi connectivity index (χ1v) is 9.57. The molecule has 0 saturated carbocycles. The lowest BCUT2D eigenvalue weighted by Crippen LogP contribution is -2.27. The SMILES string of the molecule is COc1c(/C=C2\SC(=O)N(Cc3ccccc3F)C2=O)ccc(OC(C)=O)c1[N+](=O)[O-]. The molecule has 3 rings (SSSR count). The number of nitro benzene ring substituents is 1. The summed E-state index contributed by atoms with van der Waals surface area (Å²) in [6.07, 6.45) is 1.26. The number of hydrogen-bond acceptors (Lipinski definition) is 8. The van der Waals surface area contributed by atoms with Crippen molar-refractivity contribution in [3.8, 4) is 11.5 Å². The van der Waals surface area contributed by atoms with Gasteiger partial charge in [0.25, 0.3) is 11.1 Å². The van der Waals surface area contributed by atoms with E-state index >= 15 is 0 Å². The molecule has 2 aromatic carbocycles. The number of hydrogen-bond donors (Lipinski definition) is 0. The predicted octanol–water partition coefficient (Wildman–Crippen LogP) is 3.90. The predicted molar refractivity (Wildman–Crippen MR) is 109 cm³/mol. The summed E-state index contributed by atoms with van der Waals surface area (Å²) in [6, 6.07) is 8.31. The molecule has 0 atom stereocenters. The second-order valence-electron chi connectivity index (χ2n) is 6.24. The van der Waals surface area contributed by atoms with Crippen molar-refractivity contribution < 1.29 is 33.2 Å². The number of esters is 1. The molecule has 0 unspecified atom stereocenters. The Morgan fingerprint density at radius 3 is 2.58 bits per heavy atom. The topological polar surface area (TPSA) is 116 Å². The number of imide groups is 1. The zero-order chi connectivity index (χ0) is 22.7. The van der Waals surface area contributed by atoms with E-state index in [1.165, 1.54) is 43.5 Å². The largest absolute Gasteiger partial charge is 0.490 e. The van der Waals surface area contributed by atoms with E-state index in [-0.39, 0.29) is 34.1 Å². The van der Waals surface area contributed by atoms with E-state index in [9.17, 15) is 28.9 Å². The van der Waals surface area contributed by atoms with Crippen molar-refractivity contribution >= 4 is 40.6 Å². The molecule has 31 heavy (non-hydrogen) atoms. The Balaban J connectivity index is 1.98. The monoisotopic (exact) mass is 446 g/mol. The second-order valence-corrected chi connectivity index (χ2v) is 7.24. The maximum absolute atomic E-state index is 13.9. The number of thioether (sulfide) groups is 1. The fraction of sp³-hybridized carbons (Fsp3) is 0.150. The number of amides is 2. The minimum Gasteiger partial charge on any atom is -0.490 e. The molecule has 1 saturated heterocycles. The third-order valence-electron chi connectivity index (χ3n) is 4.21. The average molecular weight is 446 g/mol. The van der Waals surface area contributed by atoms with Gasteiger partial charge in [-0.05, 0) is 36.0 Å². The number of methoxy groups -OCH3 is 1. The average Bonchev–Trinajstić information content (AvgIpc) is 2.97. The Bertz CT molecular complexity index is 1130. The van der Waals surface area contributed by atoms with Crippen LogP contribution in [-0.2, 0) is 16.1 Å². The van der Waals surface area contributed by atoms with Crippen LogP contribution in [0.3, 0.4) is 0 Å². The fourth-order valence-corrected chi connectivity index (χ4v) is 3.71. The van der Waals surface area contributed by atoms with Gasteiger partial charge < -0.3 is 9.47 Å². The first kappa shape index (κ1) is 22.0. The third kappa shape index (κ3) is 4.56. The summed E-state index contributed by atoms with van der Waals surface area (Å²) in [5.41, 5.74) is -0.302. The van der Waals surface area contributed by atoms with Crippen molar-refractivity contribution in [1.82, 2.24) is 4.90 Å². The number of rotatable bonds is 6. The molecule has 0 spiro atoms. The van der Waals surface area contributed by atoms with E-state index in [0.29, 0.717) is 11.8 Å². The normalized spacial score (nSPS) is 14.8. The van der Waals surface area contributed by atoms with E-state index < -0.39 is 33.5 Å². The van der Waals surface area contributed by atoms with Gasteiger partial charge in [-0.15, -0.1) is 0 Å². The molecule has 11 heteroatoms. The summed E-state index contributed by atoms with van der Waals surface area (Å²) < 4.78 is 23.9. The van der Waals surface area contributed by atoms with E-state index in [2.05, 4.69) is 0 Å². The number of ether oxygens (including phenoxy) is 2. The minimum atomic E-state index is -0.779. The van der Waals surface area contributed by atoms with Crippen molar-refractivity contribution in [2.75, 3.05) is 7.11 Å². The highest BCUT2D eigenvalue weighted by molar-refractivity contribution is 8.18. The van der Waals surface area contributed by atoms with Gasteiger partial charge in [-0.25, -0.2) is 4.39 Å². The van der Waals surface area contributed by atoms with E-state index in [4.69, 9.17) is 9.47 Å². The van der Waals surface area contributed by atoms with E-state index in [0.717, 1.165) is 11.8 Å². The highest BCUT2D eigenvalue weighted by atomic mass is 32.2. The van der Waals surface area contributed by atoms with Crippen molar-refractivity contribution in [3.63, 3.8) is 0 Å². The van der Waals surface area contributed by atoms with Crippen LogP contribution in [0.5, 0.6) is 11.5 Å². The van der Waals surface area contributed by atoms with Gasteiger partial charge in [-0.2, -0.15) is 0 Å². The van der Waals surface area contributed by atoms with Crippen LogP contribution in [0.2, 0.25) is 0 Å². The Labute approximate surface area is 179 Å². The summed E-state index contributed by atoms with van der Waals surface area (Å²) >= 11 is 0.615.